The van der Waals surface area contributed by atoms with Crippen molar-refractivity contribution in [2.24, 2.45) is 5.41 Å². The van der Waals surface area contributed by atoms with Gasteiger partial charge in [0, 0.05) is 12.3 Å². The third-order valence-corrected chi connectivity index (χ3v) is 5.51. The molecular weight excluding hydrogens is 328 g/mol. The minimum Gasteiger partial charge on any atom is -0.490 e. The van der Waals surface area contributed by atoms with Crippen molar-refractivity contribution in [3.8, 4) is 11.8 Å². The molecule has 1 saturated carbocycles. The number of hydrogen-bond donors (Lipinski definition) is 0. The summed E-state index contributed by atoms with van der Waals surface area (Å²) in [5.41, 5.74) is 1.58. The molecule has 5 heteroatoms. The number of nitrogens with zero attached hydrogens (tertiary/aromatic N) is 2. The normalized spacial score (nSPS) is 23.9. The average molecular weight is 354 g/mol. The predicted octanol–water partition coefficient (Wildman–Crippen LogP) is 3.77. The van der Waals surface area contributed by atoms with Gasteiger partial charge in [-0.2, -0.15) is 4.98 Å². The molecule has 5 nitrogen and oxygen atoms in total. The summed E-state index contributed by atoms with van der Waals surface area (Å²) in [4.78, 5) is 15.1. The van der Waals surface area contributed by atoms with Crippen LogP contribution in [0.1, 0.15) is 51.0 Å². The highest BCUT2D eigenvalue weighted by molar-refractivity contribution is 5.30. The summed E-state index contributed by atoms with van der Waals surface area (Å²) in [6, 6.07) is 10.3. The first-order valence-electron chi connectivity index (χ1n) is 9.45. The Morgan fingerprint density at radius 1 is 1.27 bits per heavy atom. The van der Waals surface area contributed by atoms with Crippen LogP contribution in [0.2, 0.25) is 0 Å². The van der Waals surface area contributed by atoms with Crippen LogP contribution in [0.25, 0.3) is 0 Å². The van der Waals surface area contributed by atoms with Gasteiger partial charge in [-0.05, 0) is 48.3 Å². The van der Waals surface area contributed by atoms with Crippen molar-refractivity contribution in [1.29, 1.82) is 0 Å². The summed E-state index contributed by atoms with van der Waals surface area (Å²) in [6.45, 7) is 5.84. The minimum absolute atomic E-state index is 0.122. The number of benzene rings is 1. The second kappa shape index (κ2) is 6.78. The van der Waals surface area contributed by atoms with Crippen LogP contribution in [-0.2, 0) is 6.54 Å². The summed E-state index contributed by atoms with van der Waals surface area (Å²) < 4.78 is 13.4. The maximum atomic E-state index is 11.3. The van der Waals surface area contributed by atoms with Gasteiger partial charge in [-0.3, -0.25) is 9.36 Å². The van der Waals surface area contributed by atoms with E-state index in [2.05, 4.69) is 43.1 Å². The average Bonchev–Trinajstić information content (AvgIpc) is 3.01. The first-order chi connectivity index (χ1) is 12.5. The molecular formula is C21H26N2O3. The molecule has 2 aromatic rings. The monoisotopic (exact) mass is 354 g/mol. The van der Waals surface area contributed by atoms with Gasteiger partial charge in [0.2, 0.25) is 0 Å². The fourth-order valence-electron chi connectivity index (χ4n) is 4.15. The number of hydrogen-bond acceptors (Lipinski definition) is 4. The highest BCUT2D eigenvalue weighted by atomic mass is 16.6. The van der Waals surface area contributed by atoms with Crippen molar-refractivity contribution in [3.63, 3.8) is 0 Å². The summed E-state index contributed by atoms with van der Waals surface area (Å²) in [6.07, 6.45) is 6.77. The molecule has 1 aromatic heterocycles. The van der Waals surface area contributed by atoms with Crippen molar-refractivity contribution in [2.45, 2.75) is 58.1 Å². The molecule has 0 saturated heterocycles. The molecule has 0 bridgehead atoms. The molecule has 0 N–H and O–H groups in total. The van der Waals surface area contributed by atoms with Gasteiger partial charge < -0.3 is 9.47 Å². The standard InChI is InChI=1S/C21H26N2O3/c1-21(2)10-3-4-16(12-21)15-5-7-17(8-6-15)25-14-18-13-23-11-9-19(24)22-20(23)26-18/h5-9,11,16,18H,3-4,10,12-14H2,1-2H3. The fraction of sp³-hybridized carbons (Fsp3) is 0.524. The van der Waals surface area contributed by atoms with Gasteiger partial charge in [0.15, 0.2) is 6.10 Å². The van der Waals surface area contributed by atoms with Crippen molar-refractivity contribution in [2.75, 3.05) is 6.61 Å². The predicted molar refractivity (Wildman–Crippen MR) is 99.8 cm³/mol. The van der Waals surface area contributed by atoms with E-state index in [1.54, 1.807) is 6.20 Å². The van der Waals surface area contributed by atoms with Crippen molar-refractivity contribution in [3.05, 3.63) is 52.4 Å². The van der Waals surface area contributed by atoms with Crippen LogP contribution in [0.4, 0.5) is 0 Å². The molecule has 26 heavy (non-hydrogen) atoms. The van der Waals surface area contributed by atoms with Crippen molar-refractivity contribution in [1.82, 2.24) is 9.55 Å². The van der Waals surface area contributed by atoms with Gasteiger partial charge in [-0.25, -0.2) is 0 Å². The van der Waals surface area contributed by atoms with E-state index in [4.69, 9.17) is 9.47 Å². The number of rotatable bonds is 4. The first-order valence-corrected chi connectivity index (χ1v) is 9.45. The van der Waals surface area contributed by atoms with Gasteiger partial charge in [-0.1, -0.05) is 32.4 Å². The van der Waals surface area contributed by atoms with Crippen LogP contribution in [0.5, 0.6) is 11.8 Å². The lowest BCUT2D eigenvalue weighted by Crippen LogP contribution is -2.23. The summed E-state index contributed by atoms with van der Waals surface area (Å²) in [7, 11) is 0. The van der Waals surface area contributed by atoms with Crippen LogP contribution in [-0.4, -0.2) is 22.3 Å². The zero-order chi connectivity index (χ0) is 18.1. The SMILES string of the molecule is CC1(C)CCCC(c2ccc(OCC3Cn4ccc(=O)nc4O3)cc2)C1. The largest absolute Gasteiger partial charge is 0.490 e. The molecule has 1 aromatic carbocycles. The third kappa shape index (κ3) is 3.76. The van der Waals surface area contributed by atoms with Gasteiger partial charge in [0.1, 0.15) is 12.4 Å². The molecule has 1 aliphatic carbocycles. The minimum atomic E-state index is -0.278. The Morgan fingerprint density at radius 3 is 2.85 bits per heavy atom. The second-order valence-corrected chi connectivity index (χ2v) is 8.28. The molecule has 1 aliphatic heterocycles. The Balaban J connectivity index is 1.33. The Hall–Kier alpha value is -2.30. The molecule has 0 spiro atoms. The molecule has 0 radical (unpaired) electrons. The lowest BCUT2D eigenvalue weighted by Gasteiger charge is -2.35. The Morgan fingerprint density at radius 2 is 2.08 bits per heavy atom. The number of ether oxygens (including phenoxy) is 2. The molecule has 138 valence electrons. The van der Waals surface area contributed by atoms with Crippen LogP contribution in [0.3, 0.4) is 0 Å². The first kappa shape index (κ1) is 17.1. The highest BCUT2D eigenvalue weighted by Crippen LogP contribution is 2.43. The smallest absolute Gasteiger partial charge is 0.300 e. The van der Waals surface area contributed by atoms with E-state index >= 15 is 0 Å². The number of fused-ring (bicyclic) bond motifs is 1. The van der Waals surface area contributed by atoms with E-state index in [1.165, 1.54) is 37.3 Å². The maximum absolute atomic E-state index is 11.3. The Kier molecular flexibility index (Phi) is 4.47. The quantitative estimate of drug-likeness (QED) is 0.839. The van der Waals surface area contributed by atoms with E-state index in [0.29, 0.717) is 30.5 Å². The number of aromatic nitrogens is 2. The molecule has 0 amide bonds. The van der Waals surface area contributed by atoms with E-state index < -0.39 is 0 Å². The lowest BCUT2D eigenvalue weighted by molar-refractivity contribution is 0.143. The maximum Gasteiger partial charge on any atom is 0.300 e. The second-order valence-electron chi connectivity index (χ2n) is 8.28. The third-order valence-electron chi connectivity index (χ3n) is 5.51. The van der Waals surface area contributed by atoms with Crippen LogP contribution >= 0.6 is 0 Å². The van der Waals surface area contributed by atoms with E-state index in [0.717, 1.165) is 5.75 Å². The Bertz CT molecular complexity index is 826. The van der Waals surface area contributed by atoms with Crippen LogP contribution < -0.4 is 15.0 Å². The molecule has 1 fully saturated rings. The molecule has 2 unspecified atom stereocenters. The lowest BCUT2D eigenvalue weighted by atomic mass is 9.70. The Labute approximate surface area is 154 Å². The van der Waals surface area contributed by atoms with Gasteiger partial charge in [0.25, 0.3) is 11.6 Å². The van der Waals surface area contributed by atoms with Gasteiger partial charge in [0.05, 0.1) is 6.54 Å². The molecule has 4 rings (SSSR count). The van der Waals surface area contributed by atoms with Crippen LogP contribution in [0.15, 0.2) is 41.3 Å². The van der Waals surface area contributed by atoms with Gasteiger partial charge in [-0.15, -0.1) is 0 Å². The van der Waals surface area contributed by atoms with Crippen molar-refractivity contribution >= 4 is 0 Å². The van der Waals surface area contributed by atoms with E-state index in [9.17, 15) is 4.79 Å². The highest BCUT2D eigenvalue weighted by Gasteiger charge is 2.29. The van der Waals surface area contributed by atoms with Gasteiger partial charge >= 0.3 is 0 Å². The molecule has 2 atom stereocenters. The fourth-order valence-corrected chi connectivity index (χ4v) is 4.15. The summed E-state index contributed by atoms with van der Waals surface area (Å²) >= 11 is 0. The van der Waals surface area contributed by atoms with E-state index in [1.807, 2.05) is 4.57 Å². The summed E-state index contributed by atoms with van der Waals surface area (Å²) in [5.74, 6) is 1.51. The van der Waals surface area contributed by atoms with Crippen LogP contribution in [0, 0.1) is 5.41 Å². The van der Waals surface area contributed by atoms with Crippen molar-refractivity contribution < 1.29 is 9.47 Å². The molecule has 2 aliphatic rings. The zero-order valence-corrected chi connectivity index (χ0v) is 15.5. The zero-order valence-electron chi connectivity index (χ0n) is 15.5. The summed E-state index contributed by atoms with van der Waals surface area (Å²) in [5, 5.41) is 0. The molecule has 2 heterocycles. The topological polar surface area (TPSA) is 53.4 Å². The van der Waals surface area contributed by atoms with E-state index in [-0.39, 0.29) is 11.7 Å².